The standard InChI is InChI=1S/C15H18N2S/c1-9-3-5-12(10(2)7-9)15-17-14-11(8-16)4-6-13(14)18-15/h3,5,7,11H,4,6,8,16H2,1-2H3. The molecule has 0 saturated carbocycles. The van der Waals surface area contributed by atoms with Gasteiger partial charge in [0.25, 0.3) is 0 Å². The van der Waals surface area contributed by atoms with E-state index in [0.29, 0.717) is 5.92 Å². The third kappa shape index (κ3) is 1.88. The SMILES string of the molecule is Cc1ccc(-c2nc3c(s2)CCC3CN)c(C)c1. The molecular formula is C15H18N2S. The van der Waals surface area contributed by atoms with E-state index < -0.39 is 0 Å². The van der Waals surface area contributed by atoms with Gasteiger partial charge in [0.15, 0.2) is 0 Å². The van der Waals surface area contributed by atoms with Gasteiger partial charge in [-0.05, 0) is 32.3 Å². The van der Waals surface area contributed by atoms with Crippen LogP contribution in [0, 0.1) is 13.8 Å². The predicted molar refractivity (Wildman–Crippen MR) is 77.1 cm³/mol. The van der Waals surface area contributed by atoms with E-state index in [2.05, 4.69) is 32.0 Å². The highest BCUT2D eigenvalue weighted by atomic mass is 32.1. The maximum atomic E-state index is 5.81. The van der Waals surface area contributed by atoms with E-state index in [1.807, 2.05) is 11.3 Å². The summed E-state index contributed by atoms with van der Waals surface area (Å²) in [4.78, 5) is 6.29. The van der Waals surface area contributed by atoms with Gasteiger partial charge in [-0.2, -0.15) is 0 Å². The molecule has 0 aliphatic heterocycles. The van der Waals surface area contributed by atoms with Crippen LogP contribution in [0.5, 0.6) is 0 Å². The summed E-state index contributed by atoms with van der Waals surface area (Å²) in [6.07, 6.45) is 2.33. The zero-order valence-corrected chi connectivity index (χ0v) is 11.7. The van der Waals surface area contributed by atoms with Gasteiger partial charge in [0.05, 0.1) is 5.69 Å². The van der Waals surface area contributed by atoms with Crippen LogP contribution in [0.1, 0.15) is 34.0 Å². The van der Waals surface area contributed by atoms with Crippen molar-refractivity contribution in [3.05, 3.63) is 39.9 Å². The molecule has 2 nitrogen and oxygen atoms in total. The molecule has 3 rings (SSSR count). The molecule has 1 aromatic heterocycles. The summed E-state index contributed by atoms with van der Waals surface area (Å²) in [6.45, 7) is 5.02. The molecule has 3 heteroatoms. The van der Waals surface area contributed by atoms with Gasteiger partial charge in [-0.1, -0.05) is 23.8 Å². The number of rotatable bonds is 2. The maximum Gasteiger partial charge on any atom is 0.124 e. The number of nitrogens with zero attached hydrogens (tertiary/aromatic N) is 1. The van der Waals surface area contributed by atoms with Crippen LogP contribution in [0.25, 0.3) is 10.6 Å². The maximum absolute atomic E-state index is 5.81. The van der Waals surface area contributed by atoms with Crippen molar-refractivity contribution in [3.63, 3.8) is 0 Å². The van der Waals surface area contributed by atoms with Crippen molar-refractivity contribution in [1.29, 1.82) is 0 Å². The monoisotopic (exact) mass is 258 g/mol. The van der Waals surface area contributed by atoms with Crippen LogP contribution in [-0.4, -0.2) is 11.5 Å². The fourth-order valence-electron chi connectivity index (χ4n) is 2.70. The summed E-state index contributed by atoms with van der Waals surface area (Å²) < 4.78 is 0. The molecule has 18 heavy (non-hydrogen) atoms. The second-order valence-corrected chi connectivity index (χ2v) is 6.20. The first-order chi connectivity index (χ1) is 8.69. The van der Waals surface area contributed by atoms with E-state index in [-0.39, 0.29) is 0 Å². The number of aryl methyl sites for hydroxylation is 3. The quantitative estimate of drug-likeness (QED) is 0.896. The molecule has 0 bridgehead atoms. The minimum absolute atomic E-state index is 0.482. The number of benzene rings is 1. The molecule has 94 valence electrons. The molecule has 0 amide bonds. The lowest BCUT2D eigenvalue weighted by atomic mass is 10.1. The van der Waals surface area contributed by atoms with Gasteiger partial charge in [-0.15, -0.1) is 11.3 Å². The van der Waals surface area contributed by atoms with E-state index in [9.17, 15) is 0 Å². The number of fused-ring (bicyclic) bond motifs is 1. The summed E-state index contributed by atoms with van der Waals surface area (Å²) in [5.74, 6) is 0.482. The molecule has 0 spiro atoms. The van der Waals surface area contributed by atoms with Crippen LogP contribution in [-0.2, 0) is 6.42 Å². The number of nitrogens with two attached hydrogens (primary N) is 1. The lowest BCUT2D eigenvalue weighted by molar-refractivity contribution is 0.675. The molecule has 2 N–H and O–H groups in total. The van der Waals surface area contributed by atoms with Crippen LogP contribution < -0.4 is 5.73 Å². The Bertz CT molecular complexity index is 586. The normalized spacial score (nSPS) is 18.1. The summed E-state index contributed by atoms with van der Waals surface area (Å²) >= 11 is 1.85. The van der Waals surface area contributed by atoms with Crippen LogP contribution in [0.2, 0.25) is 0 Å². The fraction of sp³-hybridized carbons (Fsp3) is 0.400. The molecule has 1 aliphatic rings. The largest absolute Gasteiger partial charge is 0.330 e. The minimum Gasteiger partial charge on any atom is -0.330 e. The van der Waals surface area contributed by atoms with Crippen molar-refractivity contribution >= 4 is 11.3 Å². The van der Waals surface area contributed by atoms with E-state index >= 15 is 0 Å². The summed E-state index contributed by atoms with van der Waals surface area (Å²) in [5.41, 5.74) is 11.0. The molecule has 2 aromatic rings. The van der Waals surface area contributed by atoms with Crippen LogP contribution in [0.4, 0.5) is 0 Å². The first-order valence-corrected chi connectivity index (χ1v) is 7.28. The van der Waals surface area contributed by atoms with Crippen LogP contribution in [0.3, 0.4) is 0 Å². The summed E-state index contributed by atoms with van der Waals surface area (Å²) in [7, 11) is 0. The zero-order valence-electron chi connectivity index (χ0n) is 10.9. The van der Waals surface area contributed by atoms with Gasteiger partial charge in [0.2, 0.25) is 0 Å². The number of aromatic nitrogens is 1. The highest BCUT2D eigenvalue weighted by molar-refractivity contribution is 7.15. The molecule has 1 atom stereocenters. The van der Waals surface area contributed by atoms with Gasteiger partial charge in [0.1, 0.15) is 5.01 Å². The molecular weight excluding hydrogens is 240 g/mol. The first kappa shape index (κ1) is 11.9. The van der Waals surface area contributed by atoms with Crippen molar-refractivity contribution in [2.75, 3.05) is 6.54 Å². The Hall–Kier alpha value is -1.19. The first-order valence-electron chi connectivity index (χ1n) is 6.46. The Labute approximate surface area is 112 Å². The van der Waals surface area contributed by atoms with Crippen molar-refractivity contribution in [2.45, 2.75) is 32.6 Å². The van der Waals surface area contributed by atoms with Gasteiger partial charge in [-0.25, -0.2) is 4.98 Å². The lowest BCUT2D eigenvalue weighted by Crippen LogP contribution is -2.09. The van der Waals surface area contributed by atoms with E-state index in [1.165, 1.54) is 33.7 Å². The van der Waals surface area contributed by atoms with Gasteiger partial charge in [-0.3, -0.25) is 0 Å². The van der Waals surface area contributed by atoms with E-state index in [1.54, 1.807) is 0 Å². The topological polar surface area (TPSA) is 38.9 Å². The molecule has 1 heterocycles. The molecule has 1 unspecified atom stereocenters. The summed E-state index contributed by atoms with van der Waals surface area (Å²) in [6, 6.07) is 6.58. The molecule has 0 saturated heterocycles. The molecule has 0 fully saturated rings. The van der Waals surface area contributed by atoms with E-state index in [4.69, 9.17) is 10.7 Å². The Balaban J connectivity index is 2.03. The Morgan fingerprint density at radius 1 is 1.39 bits per heavy atom. The third-order valence-corrected chi connectivity index (χ3v) is 4.90. The average Bonchev–Trinajstić information content (AvgIpc) is 2.88. The number of hydrogen-bond donors (Lipinski definition) is 1. The van der Waals surface area contributed by atoms with Gasteiger partial charge < -0.3 is 5.73 Å². The zero-order chi connectivity index (χ0) is 12.7. The predicted octanol–water partition coefficient (Wildman–Crippen LogP) is 3.42. The highest BCUT2D eigenvalue weighted by Gasteiger charge is 2.26. The third-order valence-electron chi connectivity index (χ3n) is 3.73. The Morgan fingerprint density at radius 2 is 2.22 bits per heavy atom. The van der Waals surface area contributed by atoms with Crippen molar-refractivity contribution in [1.82, 2.24) is 4.98 Å². The van der Waals surface area contributed by atoms with Crippen molar-refractivity contribution in [3.8, 4) is 10.6 Å². The van der Waals surface area contributed by atoms with Gasteiger partial charge >= 0.3 is 0 Å². The summed E-state index contributed by atoms with van der Waals surface area (Å²) in [5, 5.41) is 1.16. The van der Waals surface area contributed by atoms with Gasteiger partial charge in [0, 0.05) is 22.9 Å². The van der Waals surface area contributed by atoms with Crippen LogP contribution >= 0.6 is 11.3 Å². The highest BCUT2D eigenvalue weighted by Crippen LogP contribution is 2.39. The Morgan fingerprint density at radius 3 is 2.94 bits per heavy atom. The lowest BCUT2D eigenvalue weighted by Gasteiger charge is -2.06. The van der Waals surface area contributed by atoms with Crippen molar-refractivity contribution < 1.29 is 0 Å². The average molecular weight is 258 g/mol. The van der Waals surface area contributed by atoms with Crippen molar-refractivity contribution in [2.24, 2.45) is 5.73 Å². The smallest absolute Gasteiger partial charge is 0.124 e. The minimum atomic E-state index is 0.482. The second kappa shape index (κ2) is 4.48. The van der Waals surface area contributed by atoms with E-state index in [0.717, 1.165) is 18.0 Å². The number of thiazole rings is 1. The number of hydrogen-bond acceptors (Lipinski definition) is 3. The molecule has 1 aromatic carbocycles. The van der Waals surface area contributed by atoms with Crippen LogP contribution in [0.15, 0.2) is 18.2 Å². The fourth-order valence-corrected chi connectivity index (χ4v) is 3.96. The second-order valence-electron chi connectivity index (χ2n) is 5.12. The Kier molecular flexibility index (Phi) is 2.96. The molecule has 0 radical (unpaired) electrons. The molecule has 1 aliphatic carbocycles.